The van der Waals surface area contributed by atoms with Gasteiger partial charge in [-0.25, -0.2) is 0 Å². The number of fused-ring (bicyclic) bond motifs is 6. The second kappa shape index (κ2) is 11.1. The van der Waals surface area contributed by atoms with Gasteiger partial charge in [0, 0.05) is 22.2 Å². The number of nitrogens with zero attached hydrogens (tertiary/aromatic N) is 1. The molecule has 1 heteroatoms. The number of anilines is 3. The van der Waals surface area contributed by atoms with E-state index in [0.717, 1.165) is 11.4 Å². The molecule has 0 fully saturated rings. The smallest absolute Gasteiger partial charge is 0.0546 e. The van der Waals surface area contributed by atoms with Crippen LogP contribution in [0.4, 0.5) is 17.1 Å². The van der Waals surface area contributed by atoms with Crippen LogP contribution in [-0.2, 0) is 5.41 Å². The summed E-state index contributed by atoms with van der Waals surface area (Å²) in [6, 6.07) is 64.4. The Hall–Kier alpha value is -5.92. The number of benzene rings is 8. The molecule has 228 valence electrons. The molecule has 9 rings (SSSR count). The lowest BCUT2D eigenvalue weighted by Gasteiger charge is -2.29. The molecule has 0 amide bonds. The Morgan fingerprint density at radius 3 is 1.58 bits per heavy atom. The maximum absolute atomic E-state index is 2.45. The van der Waals surface area contributed by atoms with E-state index in [4.69, 9.17) is 0 Å². The van der Waals surface area contributed by atoms with Crippen molar-refractivity contribution in [3.05, 3.63) is 187 Å². The number of hydrogen-bond donors (Lipinski definition) is 0. The lowest BCUT2D eigenvalue weighted by molar-refractivity contribution is 0.660. The zero-order chi connectivity index (χ0) is 32.2. The van der Waals surface area contributed by atoms with Gasteiger partial charge < -0.3 is 4.90 Å². The highest BCUT2D eigenvalue weighted by Gasteiger charge is 2.36. The first kappa shape index (κ1) is 28.3. The summed E-state index contributed by atoms with van der Waals surface area (Å²) in [4.78, 5) is 2.45. The van der Waals surface area contributed by atoms with Crippen molar-refractivity contribution in [2.24, 2.45) is 0 Å². The average molecular weight is 614 g/mol. The predicted molar refractivity (Wildman–Crippen MR) is 205 cm³/mol. The Morgan fingerprint density at radius 2 is 0.875 bits per heavy atom. The van der Waals surface area contributed by atoms with E-state index in [0.29, 0.717) is 0 Å². The second-order valence-electron chi connectivity index (χ2n) is 13.4. The molecule has 0 saturated carbocycles. The normalized spacial score (nSPS) is 13.0. The summed E-state index contributed by atoms with van der Waals surface area (Å²) in [7, 11) is 0. The molecule has 0 N–H and O–H groups in total. The Morgan fingerprint density at radius 1 is 0.375 bits per heavy atom. The highest BCUT2D eigenvalue weighted by Crippen LogP contribution is 2.52. The Labute approximate surface area is 282 Å². The van der Waals surface area contributed by atoms with E-state index in [1.807, 2.05) is 0 Å². The summed E-state index contributed by atoms with van der Waals surface area (Å²) < 4.78 is 0. The molecular formula is C47H35N. The van der Waals surface area contributed by atoms with Gasteiger partial charge in [-0.3, -0.25) is 0 Å². The van der Waals surface area contributed by atoms with Crippen LogP contribution in [0.1, 0.15) is 25.0 Å². The van der Waals surface area contributed by atoms with Crippen molar-refractivity contribution in [1.82, 2.24) is 0 Å². The number of rotatable bonds is 5. The van der Waals surface area contributed by atoms with Crippen molar-refractivity contribution < 1.29 is 0 Å². The third-order valence-corrected chi connectivity index (χ3v) is 10.2. The standard InChI is InChI=1S/C47H35N/c1-47(2)44-27-23-35(33-15-7-4-8-16-33)29-42(44)43-31-38(26-28-45(43)47)48(37-24-21-34(22-25-37)32-13-5-3-6-14-32)46-30-36-17-9-10-18-39(36)40-19-11-12-20-41(40)46/h3-31H,1-2H3. The first-order chi connectivity index (χ1) is 23.6. The van der Waals surface area contributed by atoms with E-state index in [-0.39, 0.29) is 5.41 Å². The molecule has 8 aromatic carbocycles. The fourth-order valence-electron chi connectivity index (χ4n) is 7.79. The predicted octanol–water partition coefficient (Wildman–Crippen LogP) is 13.1. The van der Waals surface area contributed by atoms with Crippen molar-refractivity contribution in [3.8, 4) is 33.4 Å². The van der Waals surface area contributed by atoms with Crippen LogP contribution < -0.4 is 4.90 Å². The van der Waals surface area contributed by atoms with Gasteiger partial charge in [0.2, 0.25) is 0 Å². The first-order valence-corrected chi connectivity index (χ1v) is 16.8. The summed E-state index contributed by atoms with van der Waals surface area (Å²) in [5.74, 6) is 0. The topological polar surface area (TPSA) is 3.24 Å². The molecule has 48 heavy (non-hydrogen) atoms. The van der Waals surface area contributed by atoms with Gasteiger partial charge in [-0.2, -0.15) is 0 Å². The summed E-state index contributed by atoms with van der Waals surface area (Å²) >= 11 is 0. The van der Waals surface area contributed by atoms with Gasteiger partial charge in [0.05, 0.1) is 5.69 Å². The molecule has 0 unspecified atom stereocenters. The minimum absolute atomic E-state index is 0.0871. The van der Waals surface area contributed by atoms with Crippen LogP contribution in [-0.4, -0.2) is 0 Å². The second-order valence-corrected chi connectivity index (χ2v) is 13.4. The van der Waals surface area contributed by atoms with E-state index in [9.17, 15) is 0 Å². The Bertz CT molecular complexity index is 2460. The minimum atomic E-state index is -0.0871. The zero-order valence-electron chi connectivity index (χ0n) is 27.2. The summed E-state index contributed by atoms with van der Waals surface area (Å²) in [6.07, 6.45) is 0. The largest absolute Gasteiger partial charge is 0.310 e. The van der Waals surface area contributed by atoms with Crippen LogP contribution in [0.3, 0.4) is 0 Å². The lowest BCUT2D eigenvalue weighted by Crippen LogP contribution is -2.15. The van der Waals surface area contributed by atoms with Gasteiger partial charge in [-0.1, -0.05) is 153 Å². The molecule has 1 aliphatic rings. The third kappa shape index (κ3) is 4.54. The minimum Gasteiger partial charge on any atom is -0.310 e. The fraction of sp³-hybridized carbons (Fsp3) is 0.0638. The molecule has 0 saturated heterocycles. The Balaban J connectivity index is 1.27. The van der Waals surface area contributed by atoms with Crippen molar-refractivity contribution in [3.63, 3.8) is 0 Å². The van der Waals surface area contributed by atoms with Gasteiger partial charge in [0.25, 0.3) is 0 Å². The van der Waals surface area contributed by atoms with Crippen molar-refractivity contribution in [1.29, 1.82) is 0 Å². The van der Waals surface area contributed by atoms with Crippen molar-refractivity contribution in [2.45, 2.75) is 19.3 Å². The molecular weight excluding hydrogens is 579 g/mol. The van der Waals surface area contributed by atoms with E-state index < -0.39 is 0 Å². The van der Waals surface area contributed by atoms with Gasteiger partial charge in [0.15, 0.2) is 0 Å². The lowest BCUT2D eigenvalue weighted by atomic mass is 9.82. The van der Waals surface area contributed by atoms with Gasteiger partial charge in [-0.15, -0.1) is 0 Å². The van der Waals surface area contributed by atoms with E-state index in [2.05, 4.69) is 195 Å². The van der Waals surface area contributed by atoms with Crippen LogP contribution in [0.2, 0.25) is 0 Å². The average Bonchev–Trinajstić information content (AvgIpc) is 3.37. The molecule has 0 aliphatic heterocycles. The summed E-state index contributed by atoms with van der Waals surface area (Å²) in [5.41, 5.74) is 13.7. The highest BCUT2D eigenvalue weighted by molar-refractivity contribution is 6.14. The molecule has 1 nitrogen and oxygen atoms in total. The van der Waals surface area contributed by atoms with Gasteiger partial charge in [-0.05, 0) is 97.1 Å². The van der Waals surface area contributed by atoms with Crippen LogP contribution >= 0.6 is 0 Å². The third-order valence-electron chi connectivity index (χ3n) is 10.2. The molecule has 0 atom stereocenters. The van der Waals surface area contributed by atoms with Crippen LogP contribution in [0.25, 0.3) is 54.9 Å². The molecule has 1 aliphatic carbocycles. The van der Waals surface area contributed by atoms with Crippen molar-refractivity contribution in [2.75, 3.05) is 4.90 Å². The molecule has 0 spiro atoms. The van der Waals surface area contributed by atoms with E-state index >= 15 is 0 Å². The van der Waals surface area contributed by atoms with E-state index in [1.54, 1.807) is 0 Å². The van der Waals surface area contributed by atoms with Crippen LogP contribution in [0.5, 0.6) is 0 Å². The maximum atomic E-state index is 2.45. The van der Waals surface area contributed by atoms with Gasteiger partial charge in [0.1, 0.15) is 0 Å². The number of hydrogen-bond acceptors (Lipinski definition) is 1. The zero-order valence-corrected chi connectivity index (χ0v) is 27.2. The quantitative estimate of drug-likeness (QED) is 0.175. The first-order valence-electron chi connectivity index (χ1n) is 16.8. The summed E-state index contributed by atoms with van der Waals surface area (Å²) in [5, 5.41) is 5.00. The molecule has 0 bridgehead atoms. The Kier molecular flexibility index (Phi) is 6.55. The van der Waals surface area contributed by atoms with Gasteiger partial charge >= 0.3 is 0 Å². The molecule has 0 aromatic heterocycles. The van der Waals surface area contributed by atoms with Crippen LogP contribution in [0, 0.1) is 0 Å². The monoisotopic (exact) mass is 613 g/mol. The molecule has 0 heterocycles. The highest BCUT2D eigenvalue weighted by atomic mass is 15.1. The fourth-order valence-corrected chi connectivity index (χ4v) is 7.79. The SMILES string of the molecule is CC1(C)c2ccc(-c3ccccc3)cc2-c2cc(N(c3ccc(-c4ccccc4)cc3)c3cc4ccccc4c4ccccc34)ccc21. The molecule has 0 radical (unpaired) electrons. The maximum Gasteiger partial charge on any atom is 0.0546 e. The molecule has 8 aromatic rings. The summed E-state index contributed by atoms with van der Waals surface area (Å²) in [6.45, 7) is 4.72. The van der Waals surface area contributed by atoms with Crippen molar-refractivity contribution >= 4 is 38.6 Å². The van der Waals surface area contributed by atoms with E-state index in [1.165, 1.54) is 71.7 Å². The van der Waals surface area contributed by atoms with Crippen LogP contribution in [0.15, 0.2) is 176 Å².